The molecule has 0 saturated carbocycles. The minimum absolute atomic E-state index is 0.0693. The van der Waals surface area contributed by atoms with Gasteiger partial charge >= 0.3 is 0 Å². The van der Waals surface area contributed by atoms with Crippen LogP contribution in [0, 0.1) is 12.7 Å². The number of nitrogens with one attached hydrogen (secondary N) is 1. The molecule has 0 aliphatic carbocycles. The van der Waals surface area contributed by atoms with Crippen LogP contribution in [0.5, 0.6) is 0 Å². The summed E-state index contributed by atoms with van der Waals surface area (Å²) in [5.41, 5.74) is 5.40. The van der Waals surface area contributed by atoms with E-state index < -0.39 is 15.8 Å². The van der Waals surface area contributed by atoms with Gasteiger partial charge in [0.15, 0.2) is 0 Å². The summed E-state index contributed by atoms with van der Waals surface area (Å²) in [7, 11) is -3.92. The Morgan fingerprint density at radius 3 is 2.70 bits per heavy atom. The number of rotatable bonds is 3. The van der Waals surface area contributed by atoms with Crippen molar-refractivity contribution in [1.29, 1.82) is 0 Å². The summed E-state index contributed by atoms with van der Waals surface area (Å²) >= 11 is 5.75. The minimum Gasteiger partial charge on any atom is -0.396 e. The van der Waals surface area contributed by atoms with Gasteiger partial charge in [-0.05, 0) is 30.7 Å². The lowest BCUT2D eigenvalue weighted by Gasteiger charge is -2.11. The lowest BCUT2D eigenvalue weighted by Crippen LogP contribution is -2.15. The molecule has 0 aliphatic rings. The number of sulfonamides is 1. The average molecular weight is 316 g/mol. The van der Waals surface area contributed by atoms with Crippen molar-refractivity contribution in [2.45, 2.75) is 11.8 Å². The summed E-state index contributed by atoms with van der Waals surface area (Å²) in [6.07, 6.45) is 1.37. The third-order valence-corrected chi connectivity index (χ3v) is 4.28. The minimum atomic E-state index is -3.92. The lowest BCUT2D eigenvalue weighted by molar-refractivity contribution is 0.599. The molecular weight excluding hydrogens is 305 g/mol. The Morgan fingerprint density at radius 2 is 2.05 bits per heavy atom. The maximum atomic E-state index is 13.3. The smallest absolute Gasteiger partial charge is 0.263 e. The van der Waals surface area contributed by atoms with Crippen molar-refractivity contribution >= 4 is 33.1 Å². The molecule has 0 unspecified atom stereocenters. The van der Waals surface area contributed by atoms with Gasteiger partial charge in [-0.1, -0.05) is 11.6 Å². The fourth-order valence-electron chi connectivity index (χ4n) is 1.61. The highest BCUT2D eigenvalue weighted by Gasteiger charge is 2.19. The summed E-state index contributed by atoms with van der Waals surface area (Å²) < 4.78 is 40.0. The maximum Gasteiger partial charge on any atom is 0.263 e. The maximum absolute atomic E-state index is 13.3. The first-order valence-electron chi connectivity index (χ1n) is 5.49. The van der Waals surface area contributed by atoms with E-state index in [2.05, 4.69) is 9.71 Å². The van der Waals surface area contributed by atoms with E-state index in [-0.39, 0.29) is 22.0 Å². The first-order chi connectivity index (χ1) is 9.29. The van der Waals surface area contributed by atoms with Crippen LogP contribution in [0.2, 0.25) is 5.02 Å². The number of pyridine rings is 1. The van der Waals surface area contributed by atoms with Crippen LogP contribution in [0.3, 0.4) is 0 Å². The van der Waals surface area contributed by atoms with Crippen LogP contribution in [-0.2, 0) is 10.0 Å². The predicted molar refractivity (Wildman–Crippen MR) is 75.6 cm³/mol. The van der Waals surface area contributed by atoms with Gasteiger partial charge in [-0.15, -0.1) is 0 Å². The zero-order valence-corrected chi connectivity index (χ0v) is 12.0. The summed E-state index contributed by atoms with van der Waals surface area (Å²) in [5, 5.41) is 0.341. The Balaban J connectivity index is 2.43. The van der Waals surface area contributed by atoms with E-state index in [9.17, 15) is 12.8 Å². The van der Waals surface area contributed by atoms with Crippen molar-refractivity contribution in [2.24, 2.45) is 0 Å². The molecule has 0 aliphatic heterocycles. The first-order valence-corrected chi connectivity index (χ1v) is 7.36. The molecule has 0 atom stereocenters. The van der Waals surface area contributed by atoms with Gasteiger partial charge in [0.2, 0.25) is 0 Å². The highest BCUT2D eigenvalue weighted by atomic mass is 35.5. The molecule has 8 heteroatoms. The molecular formula is C12H11ClFN3O2S. The van der Waals surface area contributed by atoms with Gasteiger partial charge in [0, 0.05) is 17.3 Å². The molecule has 2 aromatic rings. The number of nitrogen functional groups attached to an aromatic ring is 1. The fourth-order valence-corrected chi connectivity index (χ4v) is 3.03. The lowest BCUT2D eigenvalue weighted by atomic mass is 10.2. The Morgan fingerprint density at radius 1 is 1.35 bits per heavy atom. The van der Waals surface area contributed by atoms with Crippen LogP contribution in [0.25, 0.3) is 0 Å². The van der Waals surface area contributed by atoms with E-state index in [1.165, 1.54) is 25.3 Å². The third-order valence-electron chi connectivity index (χ3n) is 2.54. The van der Waals surface area contributed by atoms with E-state index >= 15 is 0 Å². The highest BCUT2D eigenvalue weighted by molar-refractivity contribution is 7.92. The largest absolute Gasteiger partial charge is 0.396 e. The van der Waals surface area contributed by atoms with Crippen LogP contribution < -0.4 is 10.5 Å². The number of nitrogens with two attached hydrogens (primary N) is 1. The van der Waals surface area contributed by atoms with Crippen molar-refractivity contribution in [3.63, 3.8) is 0 Å². The Kier molecular flexibility index (Phi) is 3.82. The Labute approximate surface area is 120 Å². The van der Waals surface area contributed by atoms with Crippen LogP contribution in [0.4, 0.5) is 15.9 Å². The van der Waals surface area contributed by atoms with Crippen molar-refractivity contribution < 1.29 is 12.8 Å². The van der Waals surface area contributed by atoms with Crippen LogP contribution in [0.1, 0.15) is 5.56 Å². The summed E-state index contributed by atoms with van der Waals surface area (Å²) in [6, 6.07) is 5.01. The second-order valence-corrected chi connectivity index (χ2v) is 6.19. The van der Waals surface area contributed by atoms with Gasteiger partial charge < -0.3 is 5.73 Å². The highest BCUT2D eigenvalue weighted by Crippen LogP contribution is 2.24. The SMILES string of the molecule is Cc1cc(F)c(N)cc1S(=O)(=O)Nc1cc(Cl)ccn1. The predicted octanol–water partition coefficient (Wildman–Crippen LogP) is 2.57. The number of halogens is 2. The molecule has 0 bridgehead atoms. The average Bonchev–Trinajstić information content (AvgIpc) is 2.33. The molecule has 0 spiro atoms. The molecule has 2 rings (SSSR count). The van der Waals surface area contributed by atoms with Crippen molar-refractivity contribution in [3.05, 3.63) is 46.9 Å². The second-order valence-electron chi connectivity index (χ2n) is 4.10. The quantitative estimate of drug-likeness (QED) is 0.852. The third kappa shape index (κ3) is 3.00. The molecule has 20 heavy (non-hydrogen) atoms. The van der Waals surface area contributed by atoms with Gasteiger partial charge in [-0.25, -0.2) is 17.8 Å². The number of aromatic nitrogens is 1. The van der Waals surface area contributed by atoms with Crippen molar-refractivity contribution in [1.82, 2.24) is 4.98 Å². The van der Waals surface area contributed by atoms with Crippen molar-refractivity contribution in [3.8, 4) is 0 Å². The number of nitrogens with zero attached hydrogens (tertiary/aromatic N) is 1. The molecule has 0 radical (unpaired) electrons. The number of anilines is 2. The molecule has 1 heterocycles. The molecule has 5 nitrogen and oxygen atoms in total. The zero-order chi connectivity index (χ0) is 14.9. The Hall–Kier alpha value is -1.86. The van der Waals surface area contributed by atoms with Gasteiger partial charge in [0.25, 0.3) is 10.0 Å². The molecule has 106 valence electrons. The Bertz CT molecular complexity index is 765. The second kappa shape index (κ2) is 5.26. The molecule has 3 N–H and O–H groups in total. The summed E-state index contributed by atoms with van der Waals surface area (Å²) in [6.45, 7) is 1.47. The normalized spacial score (nSPS) is 11.3. The molecule has 1 aromatic carbocycles. The molecule has 0 amide bonds. The zero-order valence-electron chi connectivity index (χ0n) is 10.4. The van der Waals surface area contributed by atoms with Gasteiger partial charge in [0.1, 0.15) is 11.6 Å². The van der Waals surface area contributed by atoms with E-state index in [1.807, 2.05) is 0 Å². The van der Waals surface area contributed by atoms with E-state index in [4.69, 9.17) is 17.3 Å². The van der Waals surface area contributed by atoms with E-state index in [0.29, 0.717) is 5.02 Å². The first kappa shape index (κ1) is 14.5. The van der Waals surface area contributed by atoms with Crippen LogP contribution in [-0.4, -0.2) is 13.4 Å². The number of aryl methyl sites for hydroxylation is 1. The number of benzene rings is 1. The van der Waals surface area contributed by atoms with Crippen LogP contribution >= 0.6 is 11.6 Å². The number of hydrogen-bond donors (Lipinski definition) is 2. The molecule has 1 aromatic heterocycles. The molecule has 0 saturated heterocycles. The molecule has 0 fully saturated rings. The topological polar surface area (TPSA) is 85.1 Å². The fraction of sp³-hybridized carbons (Fsp3) is 0.0833. The van der Waals surface area contributed by atoms with Gasteiger partial charge in [-0.3, -0.25) is 4.72 Å². The van der Waals surface area contributed by atoms with Gasteiger partial charge in [0.05, 0.1) is 10.6 Å². The summed E-state index contributed by atoms with van der Waals surface area (Å²) in [4.78, 5) is 3.73. The van der Waals surface area contributed by atoms with E-state index in [0.717, 1.165) is 12.1 Å². The van der Waals surface area contributed by atoms with Gasteiger partial charge in [-0.2, -0.15) is 0 Å². The number of hydrogen-bond acceptors (Lipinski definition) is 4. The van der Waals surface area contributed by atoms with E-state index in [1.54, 1.807) is 0 Å². The standard InChI is InChI=1S/C12H11ClFN3O2S/c1-7-4-9(14)10(15)6-11(7)20(18,19)17-12-5-8(13)2-3-16-12/h2-6H,15H2,1H3,(H,16,17). The van der Waals surface area contributed by atoms with Crippen molar-refractivity contribution in [2.75, 3.05) is 10.5 Å². The summed E-state index contributed by atoms with van der Waals surface area (Å²) in [5.74, 6) is -0.595. The van der Waals surface area contributed by atoms with Crippen LogP contribution in [0.15, 0.2) is 35.4 Å². The monoisotopic (exact) mass is 315 g/mol.